The zero-order chi connectivity index (χ0) is 15.7. The topological polar surface area (TPSA) is 58.1 Å². The average molecular weight is 296 g/mol. The zero-order valence-electron chi connectivity index (χ0n) is 13.1. The van der Waals surface area contributed by atoms with Crippen molar-refractivity contribution in [3.8, 4) is 0 Å². The summed E-state index contributed by atoms with van der Waals surface area (Å²) in [6.07, 6.45) is 0.973. The number of hydrogen-bond donors (Lipinski definition) is 1. The van der Waals surface area contributed by atoms with E-state index in [9.17, 15) is 4.79 Å². The van der Waals surface area contributed by atoms with Gasteiger partial charge in [0.25, 0.3) is 5.91 Å². The Morgan fingerprint density at radius 2 is 2.05 bits per heavy atom. The van der Waals surface area contributed by atoms with E-state index in [1.54, 1.807) is 6.07 Å². The van der Waals surface area contributed by atoms with Gasteiger partial charge < -0.3 is 10.2 Å². The Kier molecular flexibility index (Phi) is 3.79. The number of carbonyl (C=O) groups is 1. The summed E-state index contributed by atoms with van der Waals surface area (Å²) in [4.78, 5) is 23.3. The van der Waals surface area contributed by atoms with Crippen LogP contribution >= 0.6 is 0 Å². The quantitative estimate of drug-likeness (QED) is 0.946. The van der Waals surface area contributed by atoms with Crippen molar-refractivity contribution in [1.29, 1.82) is 0 Å². The van der Waals surface area contributed by atoms with Crippen molar-refractivity contribution in [3.63, 3.8) is 0 Å². The molecule has 1 aromatic heterocycles. The van der Waals surface area contributed by atoms with E-state index in [0.717, 1.165) is 24.3 Å². The summed E-state index contributed by atoms with van der Waals surface area (Å²) >= 11 is 0. The van der Waals surface area contributed by atoms with Crippen molar-refractivity contribution in [2.45, 2.75) is 33.2 Å². The molecule has 0 unspecified atom stereocenters. The number of aromatic nitrogens is 2. The van der Waals surface area contributed by atoms with E-state index in [1.807, 2.05) is 32.9 Å². The van der Waals surface area contributed by atoms with E-state index >= 15 is 0 Å². The molecule has 1 aliphatic heterocycles. The molecular formula is C17H20N4O. The predicted octanol–water partition coefficient (Wildman–Crippen LogP) is 2.62. The number of nitrogens with zero attached hydrogens (tertiary/aromatic N) is 3. The maximum Gasteiger partial charge on any atom is 0.270 e. The first-order chi connectivity index (χ1) is 10.5. The van der Waals surface area contributed by atoms with Crippen LogP contribution in [0.2, 0.25) is 0 Å². The number of carbonyl (C=O) groups excluding carboxylic acids is 1. The molecule has 1 amide bonds. The second kappa shape index (κ2) is 5.75. The number of fused-ring (bicyclic) bond motifs is 1. The lowest BCUT2D eigenvalue weighted by Crippen LogP contribution is -2.31. The molecule has 2 heterocycles. The molecule has 0 bridgehead atoms. The minimum Gasteiger partial charge on any atom is -0.349 e. The third-order valence-electron chi connectivity index (χ3n) is 3.62. The summed E-state index contributed by atoms with van der Waals surface area (Å²) in [7, 11) is 0. The van der Waals surface area contributed by atoms with Crippen LogP contribution in [0.4, 0.5) is 11.6 Å². The van der Waals surface area contributed by atoms with Gasteiger partial charge in [0.1, 0.15) is 5.69 Å². The minimum absolute atomic E-state index is 0.0822. The Morgan fingerprint density at radius 1 is 1.27 bits per heavy atom. The molecule has 0 saturated heterocycles. The van der Waals surface area contributed by atoms with Crippen molar-refractivity contribution in [2.75, 3.05) is 11.4 Å². The van der Waals surface area contributed by atoms with Crippen LogP contribution in [0.25, 0.3) is 0 Å². The van der Waals surface area contributed by atoms with Crippen molar-refractivity contribution in [2.24, 2.45) is 0 Å². The third-order valence-corrected chi connectivity index (χ3v) is 3.62. The van der Waals surface area contributed by atoms with Gasteiger partial charge in [-0.25, -0.2) is 9.97 Å². The standard InChI is InChI=1S/C17H20N4O/c1-11(2)18-16(22)14-10-12(3)19-17(20-14)21-9-8-13-6-4-5-7-15(13)21/h4-7,10-11H,8-9H2,1-3H3,(H,18,22). The molecule has 0 spiro atoms. The molecule has 1 N–H and O–H groups in total. The van der Waals surface area contributed by atoms with Gasteiger partial charge in [0, 0.05) is 24.0 Å². The smallest absolute Gasteiger partial charge is 0.270 e. The lowest BCUT2D eigenvalue weighted by molar-refractivity contribution is 0.0938. The molecule has 2 aromatic rings. The maximum atomic E-state index is 12.2. The molecule has 0 saturated carbocycles. The Morgan fingerprint density at radius 3 is 2.82 bits per heavy atom. The second-order valence-electron chi connectivity index (χ2n) is 5.85. The largest absolute Gasteiger partial charge is 0.349 e. The molecular weight excluding hydrogens is 276 g/mol. The average Bonchev–Trinajstić information content (AvgIpc) is 2.90. The zero-order valence-corrected chi connectivity index (χ0v) is 13.1. The lowest BCUT2D eigenvalue weighted by atomic mass is 10.2. The van der Waals surface area contributed by atoms with Crippen LogP contribution in [0.5, 0.6) is 0 Å². The Bertz CT molecular complexity index is 712. The molecule has 0 aliphatic carbocycles. The highest BCUT2D eigenvalue weighted by Crippen LogP contribution is 2.32. The summed E-state index contributed by atoms with van der Waals surface area (Å²) in [6, 6.07) is 10.1. The fraction of sp³-hybridized carbons (Fsp3) is 0.353. The molecule has 5 nitrogen and oxygen atoms in total. The van der Waals surface area contributed by atoms with Gasteiger partial charge in [-0.3, -0.25) is 4.79 Å². The van der Waals surface area contributed by atoms with Gasteiger partial charge in [-0.2, -0.15) is 0 Å². The summed E-state index contributed by atoms with van der Waals surface area (Å²) in [5, 5.41) is 2.88. The van der Waals surface area contributed by atoms with E-state index < -0.39 is 0 Å². The van der Waals surface area contributed by atoms with Gasteiger partial charge in [-0.1, -0.05) is 18.2 Å². The van der Waals surface area contributed by atoms with Gasteiger partial charge >= 0.3 is 0 Å². The third kappa shape index (κ3) is 2.79. The Balaban J connectivity index is 1.96. The number of amides is 1. The van der Waals surface area contributed by atoms with Gasteiger partial charge in [-0.15, -0.1) is 0 Å². The summed E-state index contributed by atoms with van der Waals surface area (Å²) < 4.78 is 0. The molecule has 3 rings (SSSR count). The summed E-state index contributed by atoms with van der Waals surface area (Å²) in [6.45, 7) is 6.60. The fourth-order valence-corrected chi connectivity index (χ4v) is 2.67. The number of nitrogens with one attached hydrogen (secondary N) is 1. The molecule has 0 fully saturated rings. The van der Waals surface area contributed by atoms with E-state index in [1.165, 1.54) is 5.56 Å². The van der Waals surface area contributed by atoms with E-state index in [4.69, 9.17) is 0 Å². The number of para-hydroxylation sites is 1. The SMILES string of the molecule is Cc1cc(C(=O)NC(C)C)nc(N2CCc3ccccc32)n1. The van der Waals surface area contributed by atoms with E-state index in [0.29, 0.717) is 11.6 Å². The normalized spacial score (nSPS) is 13.4. The van der Waals surface area contributed by atoms with Gasteiger partial charge in [-0.05, 0) is 44.9 Å². The fourth-order valence-electron chi connectivity index (χ4n) is 2.67. The highest BCUT2D eigenvalue weighted by Gasteiger charge is 2.23. The molecule has 1 aromatic carbocycles. The van der Waals surface area contributed by atoms with Crippen molar-refractivity contribution in [3.05, 3.63) is 47.3 Å². The highest BCUT2D eigenvalue weighted by molar-refractivity contribution is 5.93. The van der Waals surface area contributed by atoms with Crippen LogP contribution in [0, 0.1) is 6.92 Å². The van der Waals surface area contributed by atoms with Crippen LogP contribution in [0.15, 0.2) is 30.3 Å². The highest BCUT2D eigenvalue weighted by atomic mass is 16.1. The van der Waals surface area contributed by atoms with Crippen LogP contribution in [0.3, 0.4) is 0 Å². The van der Waals surface area contributed by atoms with Crippen LogP contribution < -0.4 is 10.2 Å². The molecule has 1 aliphatic rings. The molecule has 114 valence electrons. The monoisotopic (exact) mass is 296 g/mol. The molecule has 22 heavy (non-hydrogen) atoms. The Labute approximate surface area is 130 Å². The van der Waals surface area contributed by atoms with Crippen molar-refractivity contribution >= 4 is 17.5 Å². The van der Waals surface area contributed by atoms with Crippen molar-refractivity contribution < 1.29 is 4.79 Å². The van der Waals surface area contributed by atoms with Gasteiger partial charge in [0.15, 0.2) is 0 Å². The van der Waals surface area contributed by atoms with Gasteiger partial charge in [0.05, 0.1) is 0 Å². The first kappa shape index (κ1) is 14.5. The summed E-state index contributed by atoms with van der Waals surface area (Å²) in [5.41, 5.74) is 3.63. The predicted molar refractivity (Wildman–Crippen MR) is 86.5 cm³/mol. The van der Waals surface area contributed by atoms with Crippen molar-refractivity contribution in [1.82, 2.24) is 15.3 Å². The van der Waals surface area contributed by atoms with Crippen LogP contribution in [-0.4, -0.2) is 28.5 Å². The molecule has 0 atom stereocenters. The number of rotatable bonds is 3. The maximum absolute atomic E-state index is 12.2. The lowest BCUT2D eigenvalue weighted by Gasteiger charge is -2.18. The van der Waals surface area contributed by atoms with Crippen LogP contribution in [-0.2, 0) is 6.42 Å². The van der Waals surface area contributed by atoms with E-state index in [-0.39, 0.29) is 11.9 Å². The van der Waals surface area contributed by atoms with E-state index in [2.05, 4.69) is 32.3 Å². The van der Waals surface area contributed by atoms with Gasteiger partial charge in [0.2, 0.25) is 5.95 Å². The summed E-state index contributed by atoms with van der Waals surface area (Å²) in [5.74, 6) is 0.438. The number of hydrogen-bond acceptors (Lipinski definition) is 4. The molecule has 0 radical (unpaired) electrons. The van der Waals surface area contributed by atoms with Crippen LogP contribution in [0.1, 0.15) is 35.6 Å². The first-order valence-electron chi connectivity index (χ1n) is 7.56. The molecule has 5 heteroatoms. The number of anilines is 2. The number of aryl methyl sites for hydroxylation is 1. The second-order valence-corrected chi connectivity index (χ2v) is 5.85. The Hall–Kier alpha value is -2.43. The minimum atomic E-state index is -0.158. The first-order valence-corrected chi connectivity index (χ1v) is 7.56. The number of benzene rings is 1.